The smallest absolute Gasteiger partial charge is 0.339 e. The summed E-state index contributed by atoms with van der Waals surface area (Å²) >= 11 is 0. The van der Waals surface area contributed by atoms with Gasteiger partial charge < -0.3 is 4.18 Å². The molecule has 6 heteroatoms. The summed E-state index contributed by atoms with van der Waals surface area (Å²) in [7, 11) is -4.18. The number of nitrogens with zero attached hydrogens (tertiary/aromatic N) is 1. The maximum Gasteiger partial charge on any atom is 0.339 e. The van der Waals surface area contributed by atoms with E-state index in [-0.39, 0.29) is 28.2 Å². The number of rotatable bonds is 6. The van der Waals surface area contributed by atoms with E-state index in [1.165, 1.54) is 12.1 Å². The summed E-state index contributed by atoms with van der Waals surface area (Å²) in [5.41, 5.74) is 3.01. The zero-order valence-electron chi connectivity index (χ0n) is 19.1. The van der Waals surface area contributed by atoms with E-state index in [2.05, 4.69) is 0 Å². The van der Waals surface area contributed by atoms with Crippen LogP contribution in [0.1, 0.15) is 16.7 Å². The molecule has 5 aromatic rings. The first-order chi connectivity index (χ1) is 16.9. The van der Waals surface area contributed by atoms with Gasteiger partial charge in [-0.15, -0.1) is 0 Å². The molecule has 174 valence electrons. The SMILES string of the molecule is Cc1ccc(S(=O)(=O)Oc2c(Cc3ccccc3)c(=O)n(-c3ccccc3)c3ccccc23)cc1. The predicted octanol–water partition coefficient (Wildman–Crippen LogP) is 5.66. The van der Waals surface area contributed by atoms with Crippen molar-refractivity contribution in [3.8, 4) is 11.4 Å². The molecule has 0 N–H and O–H groups in total. The molecule has 0 spiro atoms. The van der Waals surface area contributed by atoms with Gasteiger partial charge in [-0.3, -0.25) is 9.36 Å². The Bertz CT molecular complexity index is 1660. The fourth-order valence-corrected chi connectivity index (χ4v) is 5.09. The molecule has 5 nitrogen and oxygen atoms in total. The second-order valence-corrected chi connectivity index (χ2v) is 9.86. The van der Waals surface area contributed by atoms with E-state index in [0.717, 1.165) is 11.1 Å². The number of aryl methyl sites for hydroxylation is 1. The normalized spacial score (nSPS) is 11.5. The fraction of sp³-hybridized carbons (Fsp3) is 0.0690. The Kier molecular flexibility index (Phi) is 5.97. The molecular weight excluding hydrogens is 458 g/mol. The van der Waals surface area contributed by atoms with Crippen LogP contribution in [0, 0.1) is 6.92 Å². The lowest BCUT2D eigenvalue weighted by atomic mass is 10.0. The van der Waals surface area contributed by atoms with E-state index >= 15 is 0 Å². The quantitative estimate of drug-likeness (QED) is 0.294. The van der Waals surface area contributed by atoms with Gasteiger partial charge in [0.2, 0.25) is 0 Å². The Hall–Kier alpha value is -4.16. The van der Waals surface area contributed by atoms with Crippen LogP contribution in [0.2, 0.25) is 0 Å². The van der Waals surface area contributed by atoms with Gasteiger partial charge in [-0.1, -0.05) is 78.4 Å². The van der Waals surface area contributed by atoms with Gasteiger partial charge in [0.05, 0.1) is 11.1 Å². The molecule has 0 amide bonds. The molecule has 0 fully saturated rings. The molecule has 0 aliphatic carbocycles. The molecule has 0 saturated carbocycles. The van der Waals surface area contributed by atoms with Crippen molar-refractivity contribution in [1.82, 2.24) is 4.57 Å². The summed E-state index contributed by atoms with van der Waals surface area (Å²) in [5, 5.41) is 0.539. The van der Waals surface area contributed by atoms with E-state index in [4.69, 9.17) is 4.18 Å². The Morgan fingerprint density at radius 1 is 0.743 bits per heavy atom. The van der Waals surface area contributed by atoms with Crippen molar-refractivity contribution in [3.63, 3.8) is 0 Å². The minimum atomic E-state index is -4.18. The van der Waals surface area contributed by atoms with Gasteiger partial charge >= 0.3 is 10.1 Å². The van der Waals surface area contributed by atoms with Crippen LogP contribution < -0.4 is 9.74 Å². The minimum Gasteiger partial charge on any atom is -0.378 e. The number of para-hydroxylation sites is 2. The van der Waals surface area contributed by atoms with Gasteiger partial charge in [0, 0.05) is 17.5 Å². The maximum absolute atomic E-state index is 14.0. The van der Waals surface area contributed by atoms with E-state index in [0.29, 0.717) is 16.6 Å². The highest BCUT2D eigenvalue weighted by Gasteiger charge is 2.25. The highest BCUT2D eigenvalue weighted by Crippen LogP contribution is 2.33. The molecule has 0 unspecified atom stereocenters. The van der Waals surface area contributed by atoms with E-state index in [1.54, 1.807) is 34.9 Å². The molecule has 0 bridgehead atoms. The molecule has 5 rings (SSSR count). The van der Waals surface area contributed by atoms with Crippen molar-refractivity contribution in [2.24, 2.45) is 0 Å². The monoisotopic (exact) mass is 481 g/mol. The number of hydrogen-bond acceptors (Lipinski definition) is 4. The Morgan fingerprint density at radius 3 is 2.03 bits per heavy atom. The molecule has 0 radical (unpaired) electrons. The number of fused-ring (bicyclic) bond motifs is 1. The molecule has 35 heavy (non-hydrogen) atoms. The summed E-state index contributed by atoms with van der Waals surface area (Å²) in [5.74, 6) is 0.0576. The third-order valence-electron chi connectivity index (χ3n) is 5.87. The largest absolute Gasteiger partial charge is 0.378 e. The lowest BCUT2D eigenvalue weighted by Crippen LogP contribution is -2.25. The molecule has 1 aromatic heterocycles. The topological polar surface area (TPSA) is 65.4 Å². The van der Waals surface area contributed by atoms with Crippen LogP contribution in [-0.2, 0) is 16.5 Å². The van der Waals surface area contributed by atoms with Gasteiger partial charge in [-0.05, 0) is 48.9 Å². The first-order valence-corrected chi connectivity index (χ1v) is 12.6. The summed E-state index contributed by atoms with van der Waals surface area (Å²) in [6.07, 6.45) is 0.218. The fourth-order valence-electron chi connectivity index (χ4n) is 4.11. The second-order valence-electron chi connectivity index (χ2n) is 8.31. The van der Waals surface area contributed by atoms with Crippen molar-refractivity contribution in [1.29, 1.82) is 0 Å². The summed E-state index contributed by atoms with van der Waals surface area (Å²) < 4.78 is 34.0. The average molecular weight is 482 g/mol. The van der Waals surface area contributed by atoms with Crippen molar-refractivity contribution in [2.45, 2.75) is 18.2 Å². The Morgan fingerprint density at radius 2 is 1.34 bits per heavy atom. The number of hydrogen-bond donors (Lipinski definition) is 0. The van der Waals surface area contributed by atoms with Crippen LogP contribution in [0.25, 0.3) is 16.6 Å². The van der Waals surface area contributed by atoms with Gasteiger partial charge in [-0.25, -0.2) is 0 Å². The highest BCUT2D eigenvalue weighted by molar-refractivity contribution is 7.87. The molecule has 1 heterocycles. The van der Waals surface area contributed by atoms with Crippen LogP contribution in [0.15, 0.2) is 119 Å². The lowest BCUT2D eigenvalue weighted by molar-refractivity contribution is 0.485. The van der Waals surface area contributed by atoms with E-state index < -0.39 is 10.1 Å². The molecule has 0 aliphatic heterocycles. The molecule has 0 aliphatic rings. The number of pyridine rings is 1. The zero-order chi connectivity index (χ0) is 24.4. The van der Waals surface area contributed by atoms with Crippen molar-refractivity contribution in [2.75, 3.05) is 0 Å². The van der Waals surface area contributed by atoms with Crippen LogP contribution >= 0.6 is 0 Å². The van der Waals surface area contributed by atoms with Crippen LogP contribution in [0.4, 0.5) is 0 Å². The van der Waals surface area contributed by atoms with Crippen LogP contribution in [-0.4, -0.2) is 13.0 Å². The molecular formula is C29H23NO4S. The number of aromatic nitrogens is 1. The van der Waals surface area contributed by atoms with E-state index in [1.807, 2.05) is 73.7 Å². The Balaban J connectivity index is 1.78. The predicted molar refractivity (Wildman–Crippen MR) is 138 cm³/mol. The van der Waals surface area contributed by atoms with E-state index in [9.17, 15) is 13.2 Å². The first kappa shape index (κ1) is 22.6. The third kappa shape index (κ3) is 4.48. The zero-order valence-corrected chi connectivity index (χ0v) is 19.9. The van der Waals surface area contributed by atoms with Gasteiger partial charge in [-0.2, -0.15) is 8.42 Å². The summed E-state index contributed by atoms with van der Waals surface area (Å²) in [6.45, 7) is 1.88. The maximum atomic E-state index is 14.0. The standard InChI is InChI=1S/C29H23NO4S/c1-21-16-18-24(19-17-21)35(32,33)34-28-25-14-8-9-15-27(25)30(23-12-6-3-7-13-23)29(31)26(28)20-22-10-4-2-5-11-22/h2-19H,20H2,1H3. The summed E-state index contributed by atoms with van der Waals surface area (Å²) in [4.78, 5) is 14.0. The van der Waals surface area contributed by atoms with Crippen LogP contribution in [0.3, 0.4) is 0 Å². The second kappa shape index (κ2) is 9.24. The molecule has 0 saturated heterocycles. The Labute approximate surface area is 204 Å². The summed E-state index contributed by atoms with van der Waals surface area (Å²) in [6, 6.07) is 32.4. The van der Waals surface area contributed by atoms with Crippen LogP contribution in [0.5, 0.6) is 5.75 Å². The van der Waals surface area contributed by atoms with Gasteiger partial charge in [0.1, 0.15) is 4.90 Å². The van der Waals surface area contributed by atoms with Crippen molar-refractivity contribution in [3.05, 3.63) is 136 Å². The lowest BCUT2D eigenvalue weighted by Gasteiger charge is -2.18. The van der Waals surface area contributed by atoms with Crippen molar-refractivity contribution < 1.29 is 12.6 Å². The van der Waals surface area contributed by atoms with Crippen molar-refractivity contribution >= 4 is 21.0 Å². The molecule has 4 aromatic carbocycles. The first-order valence-electron chi connectivity index (χ1n) is 11.2. The molecule has 0 atom stereocenters. The third-order valence-corrected chi connectivity index (χ3v) is 7.10. The van der Waals surface area contributed by atoms with Gasteiger partial charge in [0.25, 0.3) is 5.56 Å². The number of benzene rings is 4. The minimum absolute atomic E-state index is 0.0325. The van der Waals surface area contributed by atoms with Gasteiger partial charge in [0.15, 0.2) is 5.75 Å². The average Bonchev–Trinajstić information content (AvgIpc) is 2.88. The highest BCUT2D eigenvalue weighted by atomic mass is 32.2.